The van der Waals surface area contributed by atoms with Gasteiger partial charge in [-0.3, -0.25) is 9.48 Å². The molecular formula is C14H18N4O. The molecule has 0 aliphatic rings. The van der Waals surface area contributed by atoms with Gasteiger partial charge in [0.25, 0.3) is 5.91 Å². The van der Waals surface area contributed by atoms with Crippen molar-refractivity contribution in [3.8, 4) is 0 Å². The zero-order chi connectivity index (χ0) is 13.8. The molecule has 0 aliphatic heterocycles. The molecule has 1 heterocycles. The molecule has 0 saturated carbocycles. The Bertz CT molecular complexity index is 559. The second-order valence-corrected chi connectivity index (χ2v) is 4.29. The number of aromatic nitrogens is 2. The average Bonchev–Trinajstić information content (AvgIpc) is 2.87. The van der Waals surface area contributed by atoms with Crippen LogP contribution in [-0.2, 0) is 13.6 Å². The molecule has 1 amide bonds. The van der Waals surface area contributed by atoms with Gasteiger partial charge in [0.1, 0.15) is 0 Å². The molecule has 1 aromatic heterocycles. The SMILES string of the molecule is CCN(C(=O)c1ccn(C)n1)c1ccc(CN)cc1. The summed E-state index contributed by atoms with van der Waals surface area (Å²) in [5.41, 5.74) is 7.92. The quantitative estimate of drug-likeness (QED) is 0.904. The minimum Gasteiger partial charge on any atom is -0.326 e. The third-order valence-corrected chi connectivity index (χ3v) is 2.98. The highest BCUT2D eigenvalue weighted by Gasteiger charge is 2.18. The molecule has 0 aliphatic carbocycles. The Morgan fingerprint density at radius 2 is 2.00 bits per heavy atom. The van der Waals surface area contributed by atoms with Crippen molar-refractivity contribution in [1.82, 2.24) is 9.78 Å². The maximum absolute atomic E-state index is 12.4. The number of carbonyl (C=O) groups is 1. The van der Waals surface area contributed by atoms with E-state index in [2.05, 4.69) is 5.10 Å². The highest BCUT2D eigenvalue weighted by Crippen LogP contribution is 2.17. The molecule has 0 saturated heterocycles. The van der Waals surface area contributed by atoms with Crippen molar-refractivity contribution in [3.63, 3.8) is 0 Å². The normalized spacial score (nSPS) is 10.5. The Hall–Kier alpha value is -2.14. The number of benzene rings is 1. The maximum atomic E-state index is 12.4. The molecule has 0 spiro atoms. The first-order valence-electron chi connectivity index (χ1n) is 6.26. The summed E-state index contributed by atoms with van der Waals surface area (Å²) >= 11 is 0. The van der Waals surface area contributed by atoms with Crippen LogP contribution in [0, 0.1) is 0 Å². The van der Waals surface area contributed by atoms with Gasteiger partial charge in [0, 0.05) is 32.0 Å². The van der Waals surface area contributed by atoms with Gasteiger partial charge in [0.15, 0.2) is 5.69 Å². The number of hydrogen-bond acceptors (Lipinski definition) is 3. The van der Waals surface area contributed by atoms with E-state index in [1.165, 1.54) is 0 Å². The summed E-state index contributed by atoms with van der Waals surface area (Å²) in [4.78, 5) is 14.1. The van der Waals surface area contributed by atoms with Gasteiger partial charge < -0.3 is 10.6 Å². The van der Waals surface area contributed by atoms with Crippen molar-refractivity contribution in [2.45, 2.75) is 13.5 Å². The molecule has 1 aromatic carbocycles. The van der Waals surface area contributed by atoms with E-state index in [0.29, 0.717) is 18.8 Å². The van der Waals surface area contributed by atoms with Crippen LogP contribution in [0.4, 0.5) is 5.69 Å². The summed E-state index contributed by atoms with van der Waals surface area (Å²) in [5.74, 6) is -0.0939. The van der Waals surface area contributed by atoms with E-state index in [1.54, 1.807) is 28.9 Å². The van der Waals surface area contributed by atoms with Gasteiger partial charge >= 0.3 is 0 Å². The first-order valence-corrected chi connectivity index (χ1v) is 6.26. The van der Waals surface area contributed by atoms with Crippen molar-refractivity contribution in [1.29, 1.82) is 0 Å². The zero-order valence-corrected chi connectivity index (χ0v) is 11.2. The highest BCUT2D eigenvalue weighted by molar-refractivity contribution is 6.04. The summed E-state index contributed by atoms with van der Waals surface area (Å²) < 4.78 is 1.62. The second-order valence-electron chi connectivity index (χ2n) is 4.29. The molecule has 5 nitrogen and oxygen atoms in total. The smallest absolute Gasteiger partial charge is 0.278 e. The molecule has 19 heavy (non-hydrogen) atoms. The van der Waals surface area contributed by atoms with Crippen LogP contribution in [0.15, 0.2) is 36.5 Å². The van der Waals surface area contributed by atoms with E-state index in [1.807, 2.05) is 31.2 Å². The number of amides is 1. The van der Waals surface area contributed by atoms with Crippen LogP contribution in [0.25, 0.3) is 0 Å². The van der Waals surface area contributed by atoms with Crippen molar-refractivity contribution in [3.05, 3.63) is 47.8 Å². The number of aryl methyl sites for hydroxylation is 1. The Morgan fingerprint density at radius 3 is 2.47 bits per heavy atom. The van der Waals surface area contributed by atoms with Gasteiger partial charge in [-0.25, -0.2) is 0 Å². The van der Waals surface area contributed by atoms with Crippen LogP contribution in [0.5, 0.6) is 0 Å². The van der Waals surface area contributed by atoms with Crippen LogP contribution in [0.3, 0.4) is 0 Å². The van der Waals surface area contributed by atoms with Crippen molar-refractivity contribution < 1.29 is 4.79 Å². The zero-order valence-electron chi connectivity index (χ0n) is 11.2. The maximum Gasteiger partial charge on any atom is 0.278 e. The lowest BCUT2D eigenvalue weighted by atomic mass is 10.2. The predicted octanol–water partition coefficient (Wildman–Crippen LogP) is 1.55. The largest absolute Gasteiger partial charge is 0.326 e. The molecule has 0 bridgehead atoms. The molecule has 2 N–H and O–H groups in total. The van der Waals surface area contributed by atoms with E-state index < -0.39 is 0 Å². The fourth-order valence-corrected chi connectivity index (χ4v) is 1.92. The third kappa shape index (κ3) is 2.82. The fourth-order valence-electron chi connectivity index (χ4n) is 1.92. The van der Waals surface area contributed by atoms with Gasteiger partial charge in [-0.05, 0) is 30.7 Å². The van der Waals surface area contributed by atoms with Crippen LogP contribution in [0.2, 0.25) is 0 Å². The van der Waals surface area contributed by atoms with E-state index in [4.69, 9.17) is 5.73 Å². The van der Waals surface area contributed by atoms with Gasteiger partial charge in [-0.1, -0.05) is 12.1 Å². The lowest BCUT2D eigenvalue weighted by Crippen LogP contribution is -2.31. The van der Waals surface area contributed by atoms with Crippen LogP contribution < -0.4 is 10.6 Å². The molecule has 0 fully saturated rings. The minimum absolute atomic E-state index is 0.0939. The first-order chi connectivity index (χ1) is 9.15. The number of hydrogen-bond donors (Lipinski definition) is 1. The molecule has 2 aromatic rings. The van der Waals surface area contributed by atoms with Crippen LogP contribution >= 0.6 is 0 Å². The summed E-state index contributed by atoms with van der Waals surface area (Å²) in [6.45, 7) is 3.04. The molecule has 100 valence electrons. The van der Waals surface area contributed by atoms with Crippen LogP contribution in [-0.4, -0.2) is 22.2 Å². The number of rotatable bonds is 4. The lowest BCUT2D eigenvalue weighted by molar-refractivity contribution is 0.0983. The van der Waals surface area contributed by atoms with Gasteiger partial charge in [0.2, 0.25) is 0 Å². The molecule has 0 atom stereocenters. The molecule has 0 radical (unpaired) electrons. The molecule has 2 rings (SSSR count). The van der Waals surface area contributed by atoms with Gasteiger partial charge in [-0.15, -0.1) is 0 Å². The second kappa shape index (κ2) is 5.67. The monoisotopic (exact) mass is 258 g/mol. The molecule has 5 heteroatoms. The summed E-state index contributed by atoms with van der Waals surface area (Å²) in [6.07, 6.45) is 1.76. The average molecular weight is 258 g/mol. The fraction of sp³-hybridized carbons (Fsp3) is 0.286. The Kier molecular flexibility index (Phi) is 3.97. The molecular weight excluding hydrogens is 240 g/mol. The van der Waals surface area contributed by atoms with E-state index in [0.717, 1.165) is 11.3 Å². The van der Waals surface area contributed by atoms with Crippen LogP contribution in [0.1, 0.15) is 23.0 Å². The Labute approximate surface area is 112 Å². The number of anilines is 1. The van der Waals surface area contributed by atoms with Gasteiger partial charge in [-0.2, -0.15) is 5.10 Å². The topological polar surface area (TPSA) is 64.2 Å². The number of nitrogens with two attached hydrogens (primary N) is 1. The summed E-state index contributed by atoms with van der Waals surface area (Å²) in [6, 6.07) is 9.41. The third-order valence-electron chi connectivity index (χ3n) is 2.98. The Morgan fingerprint density at radius 1 is 1.32 bits per heavy atom. The summed E-state index contributed by atoms with van der Waals surface area (Å²) in [5, 5.41) is 4.14. The Balaban J connectivity index is 2.25. The first kappa shape index (κ1) is 13.3. The predicted molar refractivity (Wildman–Crippen MR) is 74.9 cm³/mol. The van der Waals surface area contributed by atoms with Crippen molar-refractivity contribution in [2.75, 3.05) is 11.4 Å². The number of nitrogens with zero attached hydrogens (tertiary/aromatic N) is 3. The van der Waals surface area contributed by atoms with E-state index >= 15 is 0 Å². The molecule has 0 unspecified atom stereocenters. The highest BCUT2D eigenvalue weighted by atomic mass is 16.2. The van der Waals surface area contributed by atoms with E-state index in [9.17, 15) is 4.79 Å². The minimum atomic E-state index is -0.0939. The van der Waals surface area contributed by atoms with Crippen molar-refractivity contribution >= 4 is 11.6 Å². The van der Waals surface area contributed by atoms with Crippen molar-refractivity contribution in [2.24, 2.45) is 12.8 Å². The van der Waals surface area contributed by atoms with Gasteiger partial charge in [0.05, 0.1) is 0 Å². The lowest BCUT2D eigenvalue weighted by Gasteiger charge is -2.20. The van der Waals surface area contributed by atoms with E-state index in [-0.39, 0.29) is 5.91 Å². The number of carbonyl (C=O) groups excluding carboxylic acids is 1. The standard InChI is InChI=1S/C14H18N4O/c1-3-18(12-6-4-11(10-15)5-7-12)14(19)13-8-9-17(2)16-13/h4-9H,3,10,15H2,1-2H3. The summed E-state index contributed by atoms with van der Waals surface area (Å²) in [7, 11) is 1.79.